The van der Waals surface area contributed by atoms with E-state index in [0.717, 1.165) is 6.07 Å². The van der Waals surface area contributed by atoms with Crippen molar-refractivity contribution >= 4 is 23.6 Å². The number of carbonyl (C=O) groups excluding carboxylic acids is 3. The van der Waals surface area contributed by atoms with Crippen LogP contribution in [0.3, 0.4) is 0 Å². The van der Waals surface area contributed by atoms with Gasteiger partial charge >= 0.3 is 12.0 Å². The third kappa shape index (κ3) is 5.01. The summed E-state index contributed by atoms with van der Waals surface area (Å²) in [6.07, 6.45) is 2.54. The summed E-state index contributed by atoms with van der Waals surface area (Å²) in [5, 5.41) is 4.07. The third-order valence-electron chi connectivity index (χ3n) is 3.66. The number of anilines is 1. The van der Waals surface area contributed by atoms with Gasteiger partial charge in [-0.05, 0) is 36.4 Å². The van der Waals surface area contributed by atoms with Gasteiger partial charge < -0.3 is 10.1 Å². The number of imidazole rings is 1. The van der Waals surface area contributed by atoms with Crippen LogP contribution in [0.25, 0.3) is 5.69 Å². The first kappa shape index (κ1) is 19.7. The number of carbonyl (C=O) groups is 3. The van der Waals surface area contributed by atoms with Gasteiger partial charge in [-0.25, -0.2) is 23.4 Å². The summed E-state index contributed by atoms with van der Waals surface area (Å²) in [6, 6.07) is 9.73. The van der Waals surface area contributed by atoms with E-state index in [1.165, 1.54) is 59.6 Å². The highest BCUT2D eigenvalue weighted by molar-refractivity contribution is 6.02. The van der Waals surface area contributed by atoms with Crippen LogP contribution in [-0.4, -0.2) is 34.1 Å². The predicted octanol–water partition coefficient (Wildman–Crippen LogP) is 2.66. The van der Waals surface area contributed by atoms with Gasteiger partial charge in [0.2, 0.25) is 0 Å². The minimum Gasteiger partial charge on any atom is -0.451 e. The van der Waals surface area contributed by atoms with Gasteiger partial charge in [-0.3, -0.25) is 14.7 Å². The number of ether oxygens (including phenoxy) is 1. The van der Waals surface area contributed by atoms with Crippen LogP contribution in [0.5, 0.6) is 0 Å². The van der Waals surface area contributed by atoms with E-state index < -0.39 is 36.1 Å². The molecule has 0 atom stereocenters. The zero-order chi connectivity index (χ0) is 20.8. The number of nitrogens with one attached hydrogen (secondary N) is 2. The predicted molar refractivity (Wildman–Crippen MR) is 97.4 cm³/mol. The first-order chi connectivity index (χ1) is 13.9. The van der Waals surface area contributed by atoms with Crippen molar-refractivity contribution in [2.24, 2.45) is 0 Å². The molecule has 0 aliphatic carbocycles. The monoisotopic (exact) mass is 400 g/mol. The maximum atomic E-state index is 13.5. The number of hydrogen-bond donors (Lipinski definition) is 2. The highest BCUT2D eigenvalue weighted by Crippen LogP contribution is 2.13. The first-order valence-corrected chi connectivity index (χ1v) is 8.25. The summed E-state index contributed by atoms with van der Waals surface area (Å²) in [7, 11) is 0. The summed E-state index contributed by atoms with van der Waals surface area (Å²) in [5.74, 6) is -2.91. The first-order valence-electron chi connectivity index (χ1n) is 8.25. The van der Waals surface area contributed by atoms with E-state index in [4.69, 9.17) is 4.74 Å². The molecule has 2 N–H and O–H groups in total. The second-order valence-corrected chi connectivity index (χ2v) is 5.68. The van der Waals surface area contributed by atoms with E-state index >= 15 is 0 Å². The lowest BCUT2D eigenvalue weighted by Crippen LogP contribution is -2.37. The van der Waals surface area contributed by atoms with E-state index in [1.807, 2.05) is 5.32 Å². The number of esters is 1. The van der Waals surface area contributed by atoms with E-state index in [0.29, 0.717) is 5.69 Å². The van der Waals surface area contributed by atoms with Crippen LogP contribution < -0.4 is 10.6 Å². The third-order valence-corrected chi connectivity index (χ3v) is 3.66. The maximum Gasteiger partial charge on any atom is 0.357 e. The molecule has 3 rings (SSSR count). The molecule has 2 aromatic carbocycles. The van der Waals surface area contributed by atoms with Crippen molar-refractivity contribution in [2.75, 3.05) is 11.9 Å². The van der Waals surface area contributed by atoms with Gasteiger partial charge in [-0.15, -0.1) is 0 Å². The molecule has 148 valence electrons. The molecule has 10 heteroatoms. The zero-order valence-electron chi connectivity index (χ0n) is 14.8. The summed E-state index contributed by atoms with van der Waals surface area (Å²) in [6.45, 7) is -0.752. The molecule has 8 nitrogen and oxygen atoms in total. The molecule has 0 spiro atoms. The topological polar surface area (TPSA) is 102 Å². The number of halogens is 2. The number of amides is 3. The fraction of sp³-hybridized carbons (Fsp3) is 0.0526. The molecule has 3 aromatic rings. The molecule has 0 unspecified atom stereocenters. The summed E-state index contributed by atoms with van der Waals surface area (Å²) in [4.78, 5) is 39.6. The molecule has 0 bridgehead atoms. The Balaban J connectivity index is 1.55. The highest BCUT2D eigenvalue weighted by Gasteiger charge is 2.17. The normalized spacial score (nSPS) is 10.3. The van der Waals surface area contributed by atoms with Gasteiger partial charge in [0.05, 0.1) is 18.2 Å². The number of para-hydroxylation sites is 1. The highest BCUT2D eigenvalue weighted by atomic mass is 19.1. The second kappa shape index (κ2) is 8.74. The van der Waals surface area contributed by atoms with Gasteiger partial charge in [0, 0.05) is 5.69 Å². The summed E-state index contributed by atoms with van der Waals surface area (Å²) in [5.41, 5.74) is 0.350. The smallest absolute Gasteiger partial charge is 0.357 e. The van der Waals surface area contributed by atoms with Crippen LogP contribution in [-0.2, 0) is 9.53 Å². The molecular formula is C19H14F2N4O4. The molecule has 1 heterocycles. The minimum atomic E-state index is -0.979. The van der Waals surface area contributed by atoms with Crippen LogP contribution in [0.2, 0.25) is 0 Å². The Labute approximate surface area is 163 Å². The Kier molecular flexibility index (Phi) is 5.93. The van der Waals surface area contributed by atoms with Crippen LogP contribution in [0, 0.1) is 11.6 Å². The molecular weight excluding hydrogens is 386 g/mol. The van der Waals surface area contributed by atoms with Crippen molar-refractivity contribution in [1.82, 2.24) is 14.9 Å². The molecule has 0 saturated carbocycles. The Bertz CT molecular complexity index is 1050. The van der Waals surface area contributed by atoms with E-state index in [1.54, 1.807) is 0 Å². The lowest BCUT2D eigenvalue weighted by atomic mass is 10.3. The molecule has 0 aliphatic heterocycles. The summed E-state index contributed by atoms with van der Waals surface area (Å²) < 4.78 is 32.7. The van der Waals surface area contributed by atoms with E-state index in [2.05, 4.69) is 10.3 Å². The molecule has 0 radical (unpaired) electrons. The number of urea groups is 1. The number of nitrogens with zero attached hydrogens (tertiary/aromatic N) is 2. The minimum absolute atomic E-state index is 0.000200. The van der Waals surface area contributed by atoms with Crippen molar-refractivity contribution in [3.8, 4) is 5.69 Å². The Morgan fingerprint density at radius 3 is 2.48 bits per heavy atom. The average molecular weight is 400 g/mol. The quantitative estimate of drug-likeness (QED) is 0.641. The lowest BCUT2D eigenvalue weighted by molar-refractivity contribution is -0.123. The number of hydrogen-bond acceptors (Lipinski definition) is 5. The number of benzene rings is 2. The number of aromatic nitrogens is 2. The zero-order valence-corrected chi connectivity index (χ0v) is 14.8. The van der Waals surface area contributed by atoms with Gasteiger partial charge in [0.25, 0.3) is 5.91 Å². The van der Waals surface area contributed by atoms with Gasteiger partial charge in [-0.2, -0.15) is 0 Å². The van der Waals surface area contributed by atoms with Crippen LogP contribution in [0.1, 0.15) is 10.5 Å². The Morgan fingerprint density at radius 2 is 1.76 bits per heavy atom. The average Bonchev–Trinajstić information content (AvgIpc) is 3.18. The van der Waals surface area contributed by atoms with Crippen LogP contribution in [0.15, 0.2) is 61.1 Å². The maximum absolute atomic E-state index is 13.5. The molecule has 3 amide bonds. The van der Waals surface area contributed by atoms with Crippen molar-refractivity contribution in [2.45, 2.75) is 0 Å². The Morgan fingerprint density at radius 1 is 1.03 bits per heavy atom. The molecule has 0 fully saturated rings. The summed E-state index contributed by atoms with van der Waals surface area (Å²) >= 11 is 0. The number of rotatable bonds is 5. The lowest BCUT2D eigenvalue weighted by Gasteiger charge is -2.09. The Hall–Kier alpha value is -4.08. The van der Waals surface area contributed by atoms with E-state index in [9.17, 15) is 23.2 Å². The SMILES string of the molecule is O=C(COC(=O)c1cncn1-c1ccc(F)cc1)NC(=O)Nc1ccccc1F. The van der Waals surface area contributed by atoms with Gasteiger partial charge in [-0.1, -0.05) is 12.1 Å². The van der Waals surface area contributed by atoms with Crippen molar-refractivity contribution in [1.29, 1.82) is 0 Å². The van der Waals surface area contributed by atoms with E-state index in [-0.39, 0.29) is 11.4 Å². The van der Waals surface area contributed by atoms with Crippen molar-refractivity contribution < 1.29 is 27.9 Å². The molecule has 0 saturated heterocycles. The van der Waals surface area contributed by atoms with Gasteiger partial charge in [0.1, 0.15) is 11.6 Å². The molecule has 0 aliphatic rings. The fourth-order valence-electron chi connectivity index (χ4n) is 2.34. The van der Waals surface area contributed by atoms with Crippen LogP contribution in [0.4, 0.5) is 19.3 Å². The van der Waals surface area contributed by atoms with Gasteiger partial charge in [0.15, 0.2) is 12.3 Å². The molecule has 29 heavy (non-hydrogen) atoms. The van der Waals surface area contributed by atoms with Crippen molar-refractivity contribution in [3.63, 3.8) is 0 Å². The second-order valence-electron chi connectivity index (χ2n) is 5.68. The van der Waals surface area contributed by atoms with Crippen LogP contribution >= 0.6 is 0 Å². The van der Waals surface area contributed by atoms with Crippen molar-refractivity contribution in [3.05, 3.63) is 78.4 Å². The molecule has 1 aromatic heterocycles. The standard InChI is InChI=1S/C19H14F2N4O4/c20-12-5-7-13(8-6-12)25-11-22-9-16(25)18(27)29-10-17(26)24-19(28)23-15-4-2-1-3-14(15)21/h1-9,11H,10H2,(H2,23,24,26,28). The number of imide groups is 1. The largest absolute Gasteiger partial charge is 0.451 e. The fourth-order valence-corrected chi connectivity index (χ4v) is 2.34.